The van der Waals surface area contributed by atoms with Crippen LogP contribution in [0.4, 0.5) is 0 Å². The molecular weight excluding hydrogens is 302 g/mol. The first-order valence-corrected chi connectivity index (χ1v) is 8.32. The number of benzene rings is 1. The van der Waals surface area contributed by atoms with Crippen molar-refractivity contribution in [3.8, 4) is 0 Å². The van der Waals surface area contributed by atoms with E-state index in [-0.39, 0.29) is 18.8 Å². The molecule has 1 aliphatic heterocycles. The lowest BCUT2D eigenvalue weighted by Crippen LogP contribution is -2.32. The quantitative estimate of drug-likeness (QED) is 0.895. The standard InChI is InChI=1S/C13H16ClNO4S/c14-12-3-1-2-10(8-12)5-7-20(18,19)15-6-4-11(9-15)13(16)17/h1-3,8,11H,4-7,9H2,(H,16,17). The van der Waals surface area contributed by atoms with E-state index in [9.17, 15) is 13.2 Å². The van der Waals surface area contributed by atoms with Crippen molar-refractivity contribution in [2.24, 2.45) is 5.92 Å². The van der Waals surface area contributed by atoms with Crippen molar-refractivity contribution in [1.29, 1.82) is 0 Å². The number of carboxylic acid groups (broad SMARTS) is 1. The number of sulfonamides is 1. The van der Waals surface area contributed by atoms with Crippen LogP contribution in [0.25, 0.3) is 0 Å². The van der Waals surface area contributed by atoms with Gasteiger partial charge in [-0.2, -0.15) is 0 Å². The Morgan fingerprint density at radius 1 is 1.45 bits per heavy atom. The van der Waals surface area contributed by atoms with Crippen LogP contribution in [0.1, 0.15) is 12.0 Å². The summed E-state index contributed by atoms with van der Waals surface area (Å²) < 4.78 is 25.6. The van der Waals surface area contributed by atoms with Crippen molar-refractivity contribution in [3.05, 3.63) is 34.9 Å². The topological polar surface area (TPSA) is 74.7 Å². The van der Waals surface area contributed by atoms with Gasteiger partial charge in [0.2, 0.25) is 10.0 Å². The van der Waals surface area contributed by atoms with Crippen LogP contribution in [0.5, 0.6) is 0 Å². The molecule has 0 saturated carbocycles. The van der Waals surface area contributed by atoms with Crippen molar-refractivity contribution < 1.29 is 18.3 Å². The number of rotatable bonds is 5. The minimum absolute atomic E-state index is 0.0281. The van der Waals surface area contributed by atoms with Gasteiger partial charge >= 0.3 is 5.97 Å². The smallest absolute Gasteiger partial charge is 0.307 e. The molecule has 0 bridgehead atoms. The molecule has 0 amide bonds. The summed E-state index contributed by atoms with van der Waals surface area (Å²) >= 11 is 5.85. The van der Waals surface area contributed by atoms with Crippen LogP contribution in [0, 0.1) is 5.92 Å². The summed E-state index contributed by atoms with van der Waals surface area (Å²) in [5, 5.41) is 9.47. The van der Waals surface area contributed by atoms with Gasteiger partial charge < -0.3 is 5.11 Å². The molecule has 0 aliphatic carbocycles. The molecule has 1 saturated heterocycles. The van der Waals surface area contributed by atoms with Crippen molar-refractivity contribution in [3.63, 3.8) is 0 Å². The zero-order valence-corrected chi connectivity index (χ0v) is 12.4. The van der Waals surface area contributed by atoms with Gasteiger partial charge in [-0.1, -0.05) is 23.7 Å². The lowest BCUT2D eigenvalue weighted by molar-refractivity contribution is -0.141. The molecule has 20 heavy (non-hydrogen) atoms. The fraction of sp³-hybridized carbons (Fsp3) is 0.462. The lowest BCUT2D eigenvalue weighted by Gasteiger charge is -2.15. The summed E-state index contributed by atoms with van der Waals surface area (Å²) in [4.78, 5) is 10.9. The second kappa shape index (κ2) is 6.11. The first kappa shape index (κ1) is 15.3. The first-order valence-electron chi connectivity index (χ1n) is 6.33. The highest BCUT2D eigenvalue weighted by atomic mass is 35.5. The largest absolute Gasteiger partial charge is 0.481 e. The van der Waals surface area contributed by atoms with Gasteiger partial charge in [0.25, 0.3) is 0 Å². The third-order valence-corrected chi connectivity index (χ3v) is 5.50. The highest BCUT2D eigenvalue weighted by Crippen LogP contribution is 2.20. The van der Waals surface area contributed by atoms with Gasteiger partial charge in [-0.15, -0.1) is 0 Å². The molecule has 1 aromatic carbocycles. The van der Waals surface area contributed by atoms with E-state index >= 15 is 0 Å². The second-order valence-corrected chi connectivity index (χ2v) is 7.40. The predicted octanol–water partition coefficient (Wildman–Crippen LogP) is 1.62. The van der Waals surface area contributed by atoms with Gasteiger partial charge in [-0.25, -0.2) is 12.7 Å². The molecule has 110 valence electrons. The molecule has 1 heterocycles. The monoisotopic (exact) mass is 317 g/mol. The Morgan fingerprint density at radius 2 is 2.20 bits per heavy atom. The van der Waals surface area contributed by atoms with E-state index in [1.807, 2.05) is 6.07 Å². The van der Waals surface area contributed by atoms with Gasteiger partial charge in [0, 0.05) is 18.1 Å². The number of carbonyl (C=O) groups is 1. The average molecular weight is 318 g/mol. The van der Waals surface area contributed by atoms with Crippen LogP contribution in [-0.2, 0) is 21.2 Å². The maximum Gasteiger partial charge on any atom is 0.307 e. The Bertz CT molecular complexity index is 602. The van der Waals surface area contributed by atoms with Crippen LogP contribution in [-0.4, -0.2) is 42.6 Å². The first-order chi connectivity index (χ1) is 9.38. The molecule has 1 unspecified atom stereocenters. The van der Waals surface area contributed by atoms with E-state index in [1.165, 1.54) is 4.31 Å². The lowest BCUT2D eigenvalue weighted by atomic mass is 10.1. The van der Waals surface area contributed by atoms with Crippen LogP contribution < -0.4 is 0 Å². The summed E-state index contributed by atoms with van der Waals surface area (Å²) in [6, 6.07) is 7.07. The van der Waals surface area contributed by atoms with Gasteiger partial charge in [-0.05, 0) is 30.5 Å². The van der Waals surface area contributed by atoms with Gasteiger partial charge in [0.15, 0.2) is 0 Å². The number of carboxylic acids is 1. The molecule has 2 rings (SSSR count). The van der Waals surface area contributed by atoms with Crippen molar-refractivity contribution >= 4 is 27.6 Å². The van der Waals surface area contributed by atoms with Gasteiger partial charge in [0.05, 0.1) is 11.7 Å². The second-order valence-electron chi connectivity index (χ2n) is 4.88. The summed E-state index contributed by atoms with van der Waals surface area (Å²) in [5.74, 6) is -1.55. The summed E-state index contributed by atoms with van der Waals surface area (Å²) in [7, 11) is -3.41. The van der Waals surface area contributed by atoms with Crippen molar-refractivity contribution in [1.82, 2.24) is 4.31 Å². The van der Waals surface area contributed by atoms with Crippen LogP contribution in [0.15, 0.2) is 24.3 Å². The predicted molar refractivity (Wildman–Crippen MR) is 76.3 cm³/mol. The number of hydrogen-bond acceptors (Lipinski definition) is 3. The van der Waals surface area contributed by atoms with E-state index in [0.717, 1.165) is 5.56 Å². The molecule has 1 aromatic rings. The average Bonchev–Trinajstić information content (AvgIpc) is 2.87. The van der Waals surface area contributed by atoms with Crippen molar-refractivity contribution in [2.45, 2.75) is 12.8 Å². The van der Waals surface area contributed by atoms with E-state index in [2.05, 4.69) is 0 Å². The van der Waals surface area contributed by atoms with Crippen molar-refractivity contribution in [2.75, 3.05) is 18.8 Å². The minimum Gasteiger partial charge on any atom is -0.481 e. The van der Waals surface area contributed by atoms with E-state index in [1.54, 1.807) is 18.2 Å². The molecule has 7 heteroatoms. The maximum atomic E-state index is 12.2. The molecule has 0 radical (unpaired) electrons. The summed E-state index contributed by atoms with van der Waals surface area (Å²) in [6.45, 7) is 0.363. The molecule has 5 nitrogen and oxygen atoms in total. The molecule has 1 atom stereocenters. The number of aliphatic carboxylic acids is 1. The van der Waals surface area contributed by atoms with Gasteiger partial charge in [-0.3, -0.25) is 4.79 Å². The van der Waals surface area contributed by atoms with Crippen LogP contribution in [0.3, 0.4) is 0 Å². The molecule has 1 N–H and O–H groups in total. The molecule has 1 fully saturated rings. The number of aryl methyl sites for hydroxylation is 1. The van der Waals surface area contributed by atoms with E-state index < -0.39 is 21.9 Å². The Labute approximate surface area is 123 Å². The minimum atomic E-state index is -3.41. The molecule has 1 aliphatic rings. The van der Waals surface area contributed by atoms with Gasteiger partial charge in [0.1, 0.15) is 0 Å². The number of hydrogen-bond donors (Lipinski definition) is 1. The number of halogens is 1. The summed E-state index contributed by atoms with van der Waals surface area (Å²) in [6.07, 6.45) is 0.753. The Balaban J connectivity index is 1.97. The molecule has 0 aromatic heterocycles. The summed E-state index contributed by atoms with van der Waals surface area (Å²) in [5.41, 5.74) is 0.857. The number of nitrogens with zero attached hydrogens (tertiary/aromatic N) is 1. The molecular formula is C13H16ClNO4S. The highest BCUT2D eigenvalue weighted by Gasteiger charge is 2.34. The van der Waals surface area contributed by atoms with Crippen LogP contribution in [0.2, 0.25) is 5.02 Å². The maximum absolute atomic E-state index is 12.2. The van der Waals surface area contributed by atoms with E-state index in [0.29, 0.717) is 17.9 Å². The fourth-order valence-corrected chi connectivity index (χ4v) is 4.01. The third-order valence-electron chi connectivity index (χ3n) is 3.43. The highest BCUT2D eigenvalue weighted by molar-refractivity contribution is 7.89. The molecule has 0 spiro atoms. The van der Waals surface area contributed by atoms with E-state index in [4.69, 9.17) is 16.7 Å². The Hall–Kier alpha value is -1.11. The van der Waals surface area contributed by atoms with Crippen LogP contribution >= 0.6 is 11.6 Å². The Morgan fingerprint density at radius 3 is 2.80 bits per heavy atom. The normalized spacial score (nSPS) is 20.1. The zero-order chi connectivity index (χ0) is 14.8. The zero-order valence-electron chi connectivity index (χ0n) is 10.8. The fourth-order valence-electron chi connectivity index (χ4n) is 2.25. The SMILES string of the molecule is O=C(O)C1CCN(S(=O)(=O)CCc2cccc(Cl)c2)C1. The third kappa shape index (κ3) is 3.71. The Kier molecular flexibility index (Phi) is 4.67.